The lowest BCUT2D eigenvalue weighted by atomic mass is 9.94. The van der Waals surface area contributed by atoms with Gasteiger partial charge in [-0.3, -0.25) is 14.5 Å². The number of esters is 1. The SMILES string of the molecule is COC(=O)c1ccc(C2C(=C(O)c3ccc(OC)c(OC)c3)C(=O)C(=O)N2c2nnc(SCc3cccc4ccccc34)s2)cc1. The van der Waals surface area contributed by atoms with E-state index in [1.807, 2.05) is 18.2 Å². The number of ketones is 1. The van der Waals surface area contributed by atoms with Crippen molar-refractivity contribution in [2.75, 3.05) is 26.2 Å². The summed E-state index contributed by atoms with van der Waals surface area (Å²) in [4.78, 5) is 40.7. The highest BCUT2D eigenvalue weighted by Crippen LogP contribution is 2.45. The molecule has 1 aliphatic heterocycles. The number of aliphatic hydroxyl groups excluding tert-OH is 1. The molecule has 10 nitrogen and oxygen atoms in total. The van der Waals surface area contributed by atoms with Gasteiger partial charge in [0.15, 0.2) is 15.8 Å². The lowest BCUT2D eigenvalue weighted by Crippen LogP contribution is -2.29. The number of hydrogen-bond donors (Lipinski definition) is 1. The number of Topliss-reactive ketones (excluding diaryl/α,β-unsaturated/α-hetero) is 1. The zero-order valence-corrected chi connectivity index (χ0v) is 26.6. The Morgan fingerprint density at radius 2 is 1.61 bits per heavy atom. The minimum absolute atomic E-state index is 0.150. The normalized spacial score (nSPS) is 15.7. The molecule has 1 N–H and O–H groups in total. The third kappa shape index (κ3) is 5.68. The van der Waals surface area contributed by atoms with E-state index in [2.05, 4.69) is 34.5 Å². The topological polar surface area (TPSA) is 128 Å². The van der Waals surface area contributed by atoms with Gasteiger partial charge in [0.05, 0.1) is 38.5 Å². The average molecular weight is 654 g/mol. The van der Waals surface area contributed by atoms with Crippen LogP contribution in [0.2, 0.25) is 0 Å². The fourth-order valence-corrected chi connectivity index (χ4v) is 7.19. The number of nitrogens with zero attached hydrogens (tertiary/aromatic N) is 3. The number of aromatic nitrogens is 2. The van der Waals surface area contributed by atoms with Gasteiger partial charge in [-0.05, 0) is 52.2 Å². The Labute approximate surface area is 272 Å². The fraction of sp³-hybridized carbons (Fsp3) is 0.147. The number of fused-ring (bicyclic) bond motifs is 1. The molecule has 1 saturated heterocycles. The first-order valence-electron chi connectivity index (χ1n) is 14.0. The first-order chi connectivity index (χ1) is 22.3. The second kappa shape index (κ2) is 13.0. The second-order valence-corrected chi connectivity index (χ2v) is 12.3. The van der Waals surface area contributed by atoms with Crippen LogP contribution in [0.1, 0.15) is 33.1 Å². The molecule has 1 aliphatic rings. The molecule has 0 bridgehead atoms. The van der Waals surface area contributed by atoms with E-state index in [9.17, 15) is 19.5 Å². The number of aliphatic hydroxyl groups is 1. The molecule has 2 heterocycles. The minimum Gasteiger partial charge on any atom is -0.507 e. The van der Waals surface area contributed by atoms with E-state index in [0.29, 0.717) is 27.2 Å². The third-order valence-electron chi connectivity index (χ3n) is 7.58. The van der Waals surface area contributed by atoms with Crippen molar-refractivity contribution in [2.24, 2.45) is 0 Å². The summed E-state index contributed by atoms with van der Waals surface area (Å²) in [6, 6.07) is 24.1. The maximum absolute atomic E-state index is 13.7. The van der Waals surface area contributed by atoms with Crippen molar-refractivity contribution in [2.45, 2.75) is 16.1 Å². The summed E-state index contributed by atoms with van der Waals surface area (Å²) in [6.45, 7) is 0. The molecule has 1 aromatic heterocycles. The molecule has 1 amide bonds. The van der Waals surface area contributed by atoms with Crippen LogP contribution in [0.4, 0.5) is 5.13 Å². The summed E-state index contributed by atoms with van der Waals surface area (Å²) in [5, 5.41) is 22.6. The van der Waals surface area contributed by atoms with E-state index in [0.717, 1.165) is 16.3 Å². The maximum atomic E-state index is 13.7. The summed E-state index contributed by atoms with van der Waals surface area (Å²) in [5.41, 5.74) is 1.97. The molecule has 1 fully saturated rings. The summed E-state index contributed by atoms with van der Waals surface area (Å²) in [5.74, 6) is -1.33. The standard InChI is InChI=1S/C34H27N3O7S2/c1-42-25-16-15-22(17-26(25)43-2)29(38)27-28(20-11-13-21(14-12-20)32(41)44-3)37(31(40)30(27)39)33-35-36-34(46-33)45-18-23-9-6-8-19-7-4-5-10-24(19)23/h4-17,28,38H,18H2,1-3H3. The van der Waals surface area contributed by atoms with Crippen molar-refractivity contribution < 1.29 is 33.7 Å². The van der Waals surface area contributed by atoms with Crippen LogP contribution < -0.4 is 14.4 Å². The first kappa shape index (κ1) is 30.8. The summed E-state index contributed by atoms with van der Waals surface area (Å²) in [7, 11) is 4.21. The number of methoxy groups -OCH3 is 3. The van der Waals surface area contributed by atoms with Gasteiger partial charge in [0.2, 0.25) is 5.13 Å². The molecular formula is C34H27N3O7S2. The molecule has 4 aromatic carbocycles. The van der Waals surface area contributed by atoms with Crippen molar-refractivity contribution in [3.05, 3.63) is 113 Å². The molecular weight excluding hydrogens is 627 g/mol. The van der Waals surface area contributed by atoms with Crippen molar-refractivity contribution in [1.29, 1.82) is 0 Å². The molecule has 46 heavy (non-hydrogen) atoms. The molecule has 12 heteroatoms. The molecule has 5 aromatic rings. The quantitative estimate of drug-likeness (QED) is 0.0476. The van der Waals surface area contributed by atoms with Gasteiger partial charge >= 0.3 is 11.9 Å². The molecule has 1 atom stereocenters. The van der Waals surface area contributed by atoms with Crippen molar-refractivity contribution in [1.82, 2.24) is 10.2 Å². The Morgan fingerprint density at radius 1 is 0.891 bits per heavy atom. The van der Waals surface area contributed by atoms with Crippen LogP contribution >= 0.6 is 23.1 Å². The van der Waals surface area contributed by atoms with Crippen molar-refractivity contribution >= 4 is 62.4 Å². The summed E-state index contributed by atoms with van der Waals surface area (Å²) >= 11 is 2.64. The number of hydrogen-bond acceptors (Lipinski definition) is 11. The number of anilines is 1. The van der Waals surface area contributed by atoms with Crippen molar-refractivity contribution in [3.63, 3.8) is 0 Å². The van der Waals surface area contributed by atoms with Gasteiger partial charge in [0.1, 0.15) is 5.76 Å². The molecule has 6 rings (SSSR count). The molecule has 0 radical (unpaired) electrons. The van der Waals surface area contributed by atoms with Gasteiger partial charge in [-0.2, -0.15) is 0 Å². The largest absolute Gasteiger partial charge is 0.507 e. The number of carbonyl (C=O) groups is 3. The maximum Gasteiger partial charge on any atom is 0.337 e. The van der Waals surface area contributed by atoms with Crippen LogP contribution in [0.5, 0.6) is 11.5 Å². The Balaban J connectivity index is 1.39. The van der Waals surface area contributed by atoms with E-state index in [1.54, 1.807) is 24.3 Å². The summed E-state index contributed by atoms with van der Waals surface area (Å²) in [6.07, 6.45) is 0. The first-order valence-corrected chi connectivity index (χ1v) is 15.8. The van der Waals surface area contributed by atoms with Gasteiger partial charge < -0.3 is 19.3 Å². The van der Waals surface area contributed by atoms with E-state index in [-0.39, 0.29) is 21.8 Å². The van der Waals surface area contributed by atoms with Crippen molar-refractivity contribution in [3.8, 4) is 11.5 Å². The van der Waals surface area contributed by atoms with Gasteiger partial charge in [-0.15, -0.1) is 10.2 Å². The van der Waals surface area contributed by atoms with Crippen LogP contribution in [0.3, 0.4) is 0 Å². The highest BCUT2D eigenvalue weighted by Gasteiger charge is 2.48. The Kier molecular flexibility index (Phi) is 8.73. The number of carbonyl (C=O) groups excluding carboxylic acids is 3. The average Bonchev–Trinajstić information content (AvgIpc) is 3.67. The molecule has 1 unspecified atom stereocenters. The minimum atomic E-state index is -1.07. The predicted molar refractivity (Wildman–Crippen MR) is 176 cm³/mol. The number of benzene rings is 4. The lowest BCUT2D eigenvalue weighted by molar-refractivity contribution is -0.132. The highest BCUT2D eigenvalue weighted by atomic mass is 32.2. The molecule has 0 aliphatic carbocycles. The predicted octanol–water partition coefficient (Wildman–Crippen LogP) is 6.41. The Morgan fingerprint density at radius 3 is 2.35 bits per heavy atom. The van der Waals surface area contributed by atoms with Gasteiger partial charge in [0.25, 0.3) is 5.78 Å². The zero-order valence-electron chi connectivity index (χ0n) is 24.9. The van der Waals surface area contributed by atoms with Crippen LogP contribution in [-0.2, 0) is 20.1 Å². The zero-order chi connectivity index (χ0) is 32.4. The lowest BCUT2D eigenvalue weighted by Gasteiger charge is -2.22. The van der Waals surface area contributed by atoms with Crippen LogP contribution in [0.25, 0.3) is 16.5 Å². The van der Waals surface area contributed by atoms with Crippen LogP contribution in [0, 0.1) is 0 Å². The van der Waals surface area contributed by atoms with Gasteiger partial charge in [0, 0.05) is 11.3 Å². The van der Waals surface area contributed by atoms with E-state index >= 15 is 0 Å². The highest BCUT2D eigenvalue weighted by molar-refractivity contribution is 8.00. The van der Waals surface area contributed by atoms with Crippen LogP contribution in [-0.4, -0.2) is 54.3 Å². The monoisotopic (exact) mass is 653 g/mol. The number of rotatable bonds is 9. The molecule has 0 saturated carbocycles. The molecule has 232 valence electrons. The van der Waals surface area contributed by atoms with Gasteiger partial charge in [-0.1, -0.05) is 77.7 Å². The number of amides is 1. The fourth-order valence-electron chi connectivity index (χ4n) is 5.32. The van der Waals surface area contributed by atoms with Crippen LogP contribution in [0.15, 0.2) is 94.8 Å². The third-order valence-corrected chi connectivity index (χ3v) is 9.69. The van der Waals surface area contributed by atoms with E-state index in [1.165, 1.54) is 67.5 Å². The second-order valence-electron chi connectivity index (χ2n) is 10.1. The Bertz CT molecular complexity index is 2000. The number of ether oxygens (including phenoxy) is 3. The Hall–Kier alpha value is -5.20. The molecule has 0 spiro atoms. The summed E-state index contributed by atoms with van der Waals surface area (Å²) < 4.78 is 16.1. The smallest absolute Gasteiger partial charge is 0.337 e. The van der Waals surface area contributed by atoms with E-state index in [4.69, 9.17) is 14.2 Å². The van der Waals surface area contributed by atoms with E-state index < -0.39 is 29.5 Å². The van der Waals surface area contributed by atoms with Gasteiger partial charge in [-0.25, -0.2) is 4.79 Å². The number of thioether (sulfide) groups is 1.